The summed E-state index contributed by atoms with van der Waals surface area (Å²) in [5.41, 5.74) is 1.78. The average Bonchev–Trinajstić information content (AvgIpc) is 3.59. The van der Waals surface area contributed by atoms with E-state index in [1.807, 2.05) is 0 Å². The van der Waals surface area contributed by atoms with Crippen LogP contribution in [0, 0.1) is 0 Å². The maximum absolute atomic E-state index is 14.0. The highest BCUT2D eigenvalue weighted by molar-refractivity contribution is 9.10. The van der Waals surface area contributed by atoms with Gasteiger partial charge in [0, 0.05) is 16.1 Å². The van der Waals surface area contributed by atoms with Crippen LogP contribution in [0.4, 0.5) is 0 Å². The van der Waals surface area contributed by atoms with Gasteiger partial charge in [0.05, 0.1) is 55.3 Å². The summed E-state index contributed by atoms with van der Waals surface area (Å²) in [5, 5.41) is 0. The summed E-state index contributed by atoms with van der Waals surface area (Å²) in [4.78, 5) is 44.6. The number of benzene rings is 2. The number of ether oxygens (including phenoxy) is 4. The van der Waals surface area contributed by atoms with Crippen LogP contribution in [-0.4, -0.2) is 44.4 Å². The third-order valence-corrected chi connectivity index (χ3v) is 8.48. The molecule has 0 spiro atoms. The number of thiazole rings is 1. The van der Waals surface area contributed by atoms with Crippen LogP contribution in [0.3, 0.4) is 0 Å². The number of esters is 2. The Hall–Kier alpha value is -4.42. The number of methoxy groups -OCH3 is 3. The number of carbonyl (C=O) groups is 2. The van der Waals surface area contributed by atoms with E-state index in [1.165, 1.54) is 25.9 Å². The lowest BCUT2D eigenvalue weighted by Crippen LogP contribution is -2.40. The number of nitrogens with zero attached hydrogens (tertiary/aromatic N) is 2. The zero-order chi connectivity index (χ0) is 30.8. The van der Waals surface area contributed by atoms with E-state index >= 15 is 0 Å². The predicted molar refractivity (Wildman–Crippen MR) is 163 cm³/mol. The minimum atomic E-state index is -0.870. The van der Waals surface area contributed by atoms with Gasteiger partial charge in [-0.2, -0.15) is 0 Å². The van der Waals surface area contributed by atoms with Crippen LogP contribution in [0.25, 0.3) is 17.4 Å². The van der Waals surface area contributed by atoms with E-state index in [9.17, 15) is 14.4 Å². The summed E-state index contributed by atoms with van der Waals surface area (Å²) in [6.45, 7) is 3.58. The fraction of sp³-hybridized carbons (Fsp3) is 0.226. The summed E-state index contributed by atoms with van der Waals surface area (Å²) in [7, 11) is 4.35. The molecular formula is C31H27BrN2O8S. The highest BCUT2D eigenvalue weighted by Crippen LogP contribution is 2.40. The lowest BCUT2D eigenvalue weighted by Gasteiger charge is -2.26. The zero-order valence-electron chi connectivity index (χ0n) is 23.9. The van der Waals surface area contributed by atoms with E-state index in [0.717, 1.165) is 11.3 Å². The first-order valence-corrected chi connectivity index (χ1v) is 14.7. The monoisotopic (exact) mass is 666 g/mol. The topological polar surface area (TPSA) is 119 Å². The molecule has 1 unspecified atom stereocenters. The van der Waals surface area contributed by atoms with Gasteiger partial charge in [0.1, 0.15) is 11.5 Å². The van der Waals surface area contributed by atoms with Gasteiger partial charge in [-0.1, -0.05) is 45.5 Å². The first kappa shape index (κ1) is 30.1. The van der Waals surface area contributed by atoms with Gasteiger partial charge < -0.3 is 23.4 Å². The molecule has 5 rings (SSSR count). The Morgan fingerprint density at radius 3 is 2.49 bits per heavy atom. The third-order valence-electron chi connectivity index (χ3n) is 6.81. The average molecular weight is 668 g/mol. The van der Waals surface area contributed by atoms with E-state index < -0.39 is 18.0 Å². The van der Waals surface area contributed by atoms with Gasteiger partial charge in [0.2, 0.25) is 0 Å². The Labute approximate surface area is 258 Å². The van der Waals surface area contributed by atoms with Crippen molar-refractivity contribution in [1.29, 1.82) is 0 Å². The largest absolute Gasteiger partial charge is 0.493 e. The molecule has 1 atom stereocenters. The Bertz CT molecular complexity index is 1950. The van der Waals surface area contributed by atoms with Crippen molar-refractivity contribution in [1.82, 2.24) is 4.57 Å². The molecular weight excluding hydrogens is 640 g/mol. The summed E-state index contributed by atoms with van der Waals surface area (Å²) in [6, 6.07) is 12.9. The number of rotatable bonds is 8. The normalized spacial score (nSPS) is 14.7. The van der Waals surface area contributed by atoms with Gasteiger partial charge in [-0.15, -0.1) is 0 Å². The van der Waals surface area contributed by atoms with Crippen LogP contribution >= 0.6 is 27.3 Å². The van der Waals surface area contributed by atoms with E-state index in [2.05, 4.69) is 20.9 Å². The molecule has 0 amide bonds. The molecule has 4 aromatic rings. The van der Waals surface area contributed by atoms with Gasteiger partial charge >= 0.3 is 11.9 Å². The van der Waals surface area contributed by atoms with Crippen molar-refractivity contribution in [3.63, 3.8) is 0 Å². The van der Waals surface area contributed by atoms with Crippen molar-refractivity contribution in [2.24, 2.45) is 4.99 Å². The number of halogens is 1. The maximum atomic E-state index is 14.0. The highest BCUT2D eigenvalue weighted by Gasteiger charge is 2.35. The molecule has 0 saturated carbocycles. The van der Waals surface area contributed by atoms with Crippen molar-refractivity contribution >= 4 is 45.3 Å². The summed E-state index contributed by atoms with van der Waals surface area (Å²) >= 11 is 4.76. The van der Waals surface area contributed by atoms with Crippen molar-refractivity contribution in [3.8, 4) is 22.8 Å². The first-order chi connectivity index (χ1) is 20.7. The van der Waals surface area contributed by atoms with Crippen LogP contribution in [0.2, 0.25) is 0 Å². The van der Waals surface area contributed by atoms with Gasteiger partial charge in [-0.25, -0.2) is 14.6 Å². The molecule has 0 bridgehead atoms. The Morgan fingerprint density at radius 1 is 1.07 bits per heavy atom. The third kappa shape index (κ3) is 5.55. The minimum Gasteiger partial charge on any atom is -0.493 e. The molecule has 0 fully saturated rings. The lowest BCUT2D eigenvalue weighted by atomic mass is 9.95. The van der Waals surface area contributed by atoms with Gasteiger partial charge in [-0.05, 0) is 49.7 Å². The van der Waals surface area contributed by atoms with Crippen LogP contribution < -0.4 is 24.4 Å². The molecule has 0 N–H and O–H groups in total. The molecule has 0 saturated heterocycles. The van der Waals surface area contributed by atoms with Crippen LogP contribution in [-0.2, 0) is 14.3 Å². The highest BCUT2D eigenvalue weighted by atomic mass is 79.9. The fourth-order valence-electron chi connectivity index (χ4n) is 4.86. The number of allylic oxidation sites excluding steroid dienone is 1. The number of fused-ring (bicyclic) bond motifs is 1. The number of hydrogen-bond donors (Lipinski definition) is 0. The van der Waals surface area contributed by atoms with Crippen molar-refractivity contribution in [2.45, 2.75) is 19.9 Å². The smallest absolute Gasteiger partial charge is 0.338 e. The Kier molecular flexibility index (Phi) is 8.69. The molecule has 1 aliphatic rings. The SMILES string of the molecule is CCOC(=O)C1=C(C)N=c2s/c(=C/c3ccc(-c4ccccc4C(=O)OC)o3)c(=O)n2C1c1cc(OC)c(OC)cc1Br. The second-order valence-electron chi connectivity index (χ2n) is 9.27. The molecule has 2 aromatic carbocycles. The van der Waals surface area contributed by atoms with E-state index in [4.69, 9.17) is 23.4 Å². The Morgan fingerprint density at radius 2 is 1.79 bits per heavy atom. The van der Waals surface area contributed by atoms with Crippen LogP contribution in [0.1, 0.15) is 41.6 Å². The number of hydrogen-bond acceptors (Lipinski definition) is 10. The molecule has 1 aliphatic heterocycles. The molecule has 222 valence electrons. The standard InChI is InChI=1S/C31H27BrN2O8S/c1-6-41-30(37)26-16(2)33-31-34(27(26)20-14-23(38-3)24(39-4)15-21(20)32)28(35)25(43-31)13-17-11-12-22(42-17)18-9-7-8-10-19(18)29(36)40-5/h7-15,27H,6H2,1-5H3/b25-13+. The number of aromatic nitrogens is 1. The van der Waals surface area contributed by atoms with Crippen molar-refractivity contribution < 1.29 is 33.0 Å². The van der Waals surface area contributed by atoms with Crippen LogP contribution in [0.5, 0.6) is 11.5 Å². The number of furan rings is 1. The number of carbonyl (C=O) groups excluding carboxylic acids is 2. The quantitative estimate of drug-likeness (QED) is 0.250. The van der Waals surface area contributed by atoms with Crippen molar-refractivity contribution in [2.75, 3.05) is 27.9 Å². The summed E-state index contributed by atoms with van der Waals surface area (Å²) < 4.78 is 29.7. The molecule has 2 aromatic heterocycles. The molecule has 10 nitrogen and oxygen atoms in total. The summed E-state index contributed by atoms with van der Waals surface area (Å²) in [5.74, 6) is 0.667. The van der Waals surface area contributed by atoms with E-state index in [-0.39, 0.29) is 17.7 Å². The first-order valence-electron chi connectivity index (χ1n) is 13.1. The molecule has 43 heavy (non-hydrogen) atoms. The molecule has 12 heteroatoms. The zero-order valence-corrected chi connectivity index (χ0v) is 26.3. The summed E-state index contributed by atoms with van der Waals surface area (Å²) in [6.07, 6.45) is 1.61. The second-order valence-corrected chi connectivity index (χ2v) is 11.1. The van der Waals surface area contributed by atoms with Gasteiger partial charge in [-0.3, -0.25) is 9.36 Å². The molecule has 0 aliphatic carbocycles. The van der Waals surface area contributed by atoms with E-state index in [1.54, 1.807) is 68.5 Å². The fourth-order valence-corrected chi connectivity index (χ4v) is 6.42. The predicted octanol–water partition coefficient (Wildman–Crippen LogP) is 4.62. The second kappa shape index (κ2) is 12.4. The Balaban J connectivity index is 1.67. The van der Waals surface area contributed by atoms with Crippen LogP contribution in [0.15, 0.2) is 78.5 Å². The molecule has 0 radical (unpaired) electrons. The molecule has 3 heterocycles. The van der Waals surface area contributed by atoms with Gasteiger partial charge in [0.25, 0.3) is 5.56 Å². The lowest BCUT2D eigenvalue weighted by molar-refractivity contribution is -0.139. The minimum absolute atomic E-state index is 0.153. The van der Waals surface area contributed by atoms with Crippen molar-refractivity contribution in [3.05, 3.63) is 101 Å². The maximum Gasteiger partial charge on any atom is 0.338 e. The van der Waals surface area contributed by atoms with E-state index in [0.29, 0.717) is 59.2 Å². The van der Waals surface area contributed by atoms with Gasteiger partial charge in [0.15, 0.2) is 16.3 Å².